The van der Waals surface area contributed by atoms with Crippen molar-refractivity contribution in [3.63, 3.8) is 0 Å². The second-order valence-electron chi connectivity index (χ2n) is 5.49. The van der Waals surface area contributed by atoms with E-state index in [1.54, 1.807) is 6.07 Å². The number of halogens is 1. The predicted octanol–water partition coefficient (Wildman–Crippen LogP) is 2.22. The average Bonchev–Trinajstić information content (AvgIpc) is 2.95. The van der Waals surface area contributed by atoms with Gasteiger partial charge in [-0.15, -0.1) is 0 Å². The molecule has 1 heterocycles. The lowest BCUT2D eigenvalue weighted by Crippen LogP contribution is -2.31. The summed E-state index contributed by atoms with van der Waals surface area (Å²) in [6.07, 6.45) is 1.32. The van der Waals surface area contributed by atoms with Gasteiger partial charge >= 0.3 is 5.82 Å². The molecule has 132 valence electrons. The SMILES string of the molecule is CC(C)NC(=O)c1ccc(Cl)cc1NC(=O)Cn1ccc([N+](=O)[O-])n1. The first kappa shape index (κ1) is 18.4. The Hall–Kier alpha value is -2.94. The van der Waals surface area contributed by atoms with Gasteiger partial charge in [0.1, 0.15) is 6.54 Å². The molecule has 2 aromatic rings. The van der Waals surface area contributed by atoms with Crippen molar-refractivity contribution in [2.75, 3.05) is 5.32 Å². The molecular formula is C15H16ClN5O4. The first-order chi connectivity index (χ1) is 11.8. The number of hydrogen-bond acceptors (Lipinski definition) is 5. The van der Waals surface area contributed by atoms with Crippen molar-refractivity contribution in [1.29, 1.82) is 0 Å². The van der Waals surface area contributed by atoms with E-state index < -0.39 is 10.8 Å². The zero-order valence-electron chi connectivity index (χ0n) is 13.5. The van der Waals surface area contributed by atoms with Crippen molar-refractivity contribution >= 4 is 34.9 Å². The van der Waals surface area contributed by atoms with Crippen LogP contribution in [0.15, 0.2) is 30.5 Å². The van der Waals surface area contributed by atoms with Gasteiger partial charge in [0, 0.05) is 11.1 Å². The smallest absolute Gasteiger partial charge is 0.358 e. The lowest BCUT2D eigenvalue weighted by Gasteiger charge is -2.13. The van der Waals surface area contributed by atoms with E-state index in [1.165, 1.54) is 24.4 Å². The molecule has 0 radical (unpaired) electrons. The van der Waals surface area contributed by atoms with E-state index in [9.17, 15) is 19.7 Å². The van der Waals surface area contributed by atoms with E-state index in [-0.39, 0.29) is 35.6 Å². The van der Waals surface area contributed by atoms with Gasteiger partial charge in [-0.05, 0) is 37.0 Å². The van der Waals surface area contributed by atoms with Crippen LogP contribution in [-0.2, 0) is 11.3 Å². The Morgan fingerprint density at radius 3 is 2.68 bits per heavy atom. The largest absolute Gasteiger partial charge is 0.389 e. The molecule has 0 saturated heterocycles. The number of amides is 2. The molecule has 1 aromatic heterocycles. The van der Waals surface area contributed by atoms with Crippen LogP contribution in [0.4, 0.5) is 11.5 Å². The highest BCUT2D eigenvalue weighted by atomic mass is 35.5. The van der Waals surface area contributed by atoms with E-state index in [0.717, 1.165) is 4.68 Å². The zero-order chi connectivity index (χ0) is 18.6. The summed E-state index contributed by atoms with van der Waals surface area (Å²) >= 11 is 5.93. The fourth-order valence-corrected chi connectivity index (χ4v) is 2.20. The minimum Gasteiger partial charge on any atom is -0.358 e. The number of carbonyl (C=O) groups excluding carboxylic acids is 2. The van der Waals surface area contributed by atoms with E-state index in [2.05, 4.69) is 15.7 Å². The minimum atomic E-state index is -0.653. The number of rotatable bonds is 6. The number of hydrogen-bond donors (Lipinski definition) is 2. The molecule has 2 N–H and O–H groups in total. The molecule has 9 nitrogen and oxygen atoms in total. The molecule has 25 heavy (non-hydrogen) atoms. The Morgan fingerprint density at radius 1 is 1.36 bits per heavy atom. The summed E-state index contributed by atoms with van der Waals surface area (Å²) in [5.74, 6) is -1.21. The van der Waals surface area contributed by atoms with Crippen molar-refractivity contribution in [2.24, 2.45) is 0 Å². The second kappa shape index (κ2) is 7.75. The van der Waals surface area contributed by atoms with Gasteiger partial charge in [0.15, 0.2) is 0 Å². The third-order valence-corrected chi connectivity index (χ3v) is 3.27. The summed E-state index contributed by atoms with van der Waals surface area (Å²) in [4.78, 5) is 34.3. The van der Waals surface area contributed by atoms with Crippen LogP contribution in [0.3, 0.4) is 0 Å². The third kappa shape index (κ3) is 5.01. The number of aromatic nitrogens is 2. The maximum absolute atomic E-state index is 12.2. The van der Waals surface area contributed by atoms with E-state index in [4.69, 9.17) is 11.6 Å². The van der Waals surface area contributed by atoms with Crippen LogP contribution in [0.25, 0.3) is 0 Å². The quantitative estimate of drug-likeness (QED) is 0.600. The maximum Gasteiger partial charge on any atom is 0.389 e. The number of anilines is 1. The maximum atomic E-state index is 12.2. The Balaban J connectivity index is 2.14. The Kier molecular flexibility index (Phi) is 5.71. The molecule has 10 heteroatoms. The van der Waals surface area contributed by atoms with Crippen molar-refractivity contribution in [3.05, 3.63) is 51.2 Å². The summed E-state index contributed by atoms with van der Waals surface area (Å²) in [7, 11) is 0. The van der Waals surface area contributed by atoms with Crippen LogP contribution in [-0.4, -0.2) is 32.6 Å². The van der Waals surface area contributed by atoms with Gasteiger partial charge in [-0.3, -0.25) is 9.59 Å². The van der Waals surface area contributed by atoms with Gasteiger partial charge < -0.3 is 20.7 Å². The van der Waals surface area contributed by atoms with Crippen LogP contribution in [0.5, 0.6) is 0 Å². The van der Waals surface area contributed by atoms with E-state index >= 15 is 0 Å². The number of nitrogens with zero attached hydrogens (tertiary/aromatic N) is 3. The first-order valence-corrected chi connectivity index (χ1v) is 7.72. The zero-order valence-corrected chi connectivity index (χ0v) is 14.3. The molecule has 0 fully saturated rings. The van der Waals surface area contributed by atoms with Gasteiger partial charge in [-0.2, -0.15) is 4.68 Å². The lowest BCUT2D eigenvalue weighted by molar-refractivity contribution is -0.389. The summed E-state index contributed by atoms with van der Waals surface area (Å²) < 4.78 is 1.13. The van der Waals surface area contributed by atoms with Crippen LogP contribution >= 0.6 is 11.6 Å². The molecule has 0 unspecified atom stereocenters. The molecule has 0 aliphatic heterocycles. The second-order valence-corrected chi connectivity index (χ2v) is 5.93. The molecule has 0 aliphatic carbocycles. The molecule has 0 aliphatic rings. The van der Waals surface area contributed by atoms with Gasteiger partial charge in [-0.1, -0.05) is 11.6 Å². The summed E-state index contributed by atoms with van der Waals surface area (Å²) in [5.41, 5.74) is 0.509. The van der Waals surface area contributed by atoms with Crippen molar-refractivity contribution in [3.8, 4) is 0 Å². The fraction of sp³-hybridized carbons (Fsp3) is 0.267. The fourth-order valence-electron chi connectivity index (χ4n) is 2.03. The van der Waals surface area contributed by atoms with E-state index in [0.29, 0.717) is 5.02 Å². The standard InChI is InChI=1S/C15H16ClN5O4/c1-9(2)17-15(23)11-4-3-10(16)7-12(11)18-14(22)8-20-6-5-13(19-20)21(24)25/h3-7,9H,8H2,1-2H3,(H,17,23)(H,18,22). The molecule has 2 amide bonds. The molecule has 0 saturated carbocycles. The third-order valence-electron chi connectivity index (χ3n) is 3.04. The van der Waals surface area contributed by atoms with Crippen molar-refractivity contribution in [2.45, 2.75) is 26.4 Å². The number of benzene rings is 1. The summed E-state index contributed by atoms with van der Waals surface area (Å²) in [5, 5.41) is 19.9. The van der Waals surface area contributed by atoms with Crippen LogP contribution < -0.4 is 10.6 Å². The molecular weight excluding hydrogens is 350 g/mol. The highest BCUT2D eigenvalue weighted by molar-refractivity contribution is 6.31. The van der Waals surface area contributed by atoms with Crippen LogP contribution in [0.2, 0.25) is 5.02 Å². The minimum absolute atomic E-state index is 0.0728. The number of nitrogens with one attached hydrogen (secondary N) is 2. The highest BCUT2D eigenvalue weighted by Gasteiger charge is 2.17. The van der Waals surface area contributed by atoms with Gasteiger partial charge in [0.25, 0.3) is 5.91 Å². The number of nitro groups is 1. The predicted molar refractivity (Wildman–Crippen MR) is 91.6 cm³/mol. The van der Waals surface area contributed by atoms with Gasteiger partial charge in [0.05, 0.1) is 28.6 Å². The Morgan fingerprint density at radius 2 is 2.08 bits per heavy atom. The Bertz CT molecular complexity index is 818. The summed E-state index contributed by atoms with van der Waals surface area (Å²) in [6.45, 7) is 3.39. The van der Waals surface area contributed by atoms with Crippen LogP contribution in [0, 0.1) is 10.1 Å². The molecule has 0 bridgehead atoms. The van der Waals surface area contributed by atoms with Gasteiger partial charge in [0.2, 0.25) is 5.91 Å². The Labute approximate surface area is 148 Å². The first-order valence-electron chi connectivity index (χ1n) is 7.34. The monoisotopic (exact) mass is 365 g/mol. The van der Waals surface area contributed by atoms with Crippen molar-refractivity contribution < 1.29 is 14.5 Å². The molecule has 1 aromatic carbocycles. The normalized spacial score (nSPS) is 10.6. The number of carbonyl (C=O) groups is 2. The molecule has 0 spiro atoms. The summed E-state index contributed by atoms with van der Waals surface area (Å²) in [6, 6.07) is 5.63. The van der Waals surface area contributed by atoms with E-state index in [1.807, 2.05) is 13.8 Å². The lowest BCUT2D eigenvalue weighted by atomic mass is 10.1. The molecule has 2 rings (SSSR count). The molecule has 0 atom stereocenters. The topological polar surface area (TPSA) is 119 Å². The van der Waals surface area contributed by atoms with Crippen molar-refractivity contribution in [1.82, 2.24) is 15.1 Å². The van der Waals surface area contributed by atoms with Crippen LogP contribution in [0.1, 0.15) is 24.2 Å². The highest BCUT2D eigenvalue weighted by Crippen LogP contribution is 2.21. The average molecular weight is 366 g/mol. The van der Waals surface area contributed by atoms with Gasteiger partial charge in [-0.25, -0.2) is 0 Å².